The highest BCUT2D eigenvalue weighted by atomic mass is 16.5. The molecule has 0 saturated heterocycles. The maximum atomic E-state index is 8.63. The van der Waals surface area contributed by atoms with E-state index in [4.69, 9.17) is 21.3 Å². The van der Waals surface area contributed by atoms with E-state index in [9.17, 15) is 0 Å². The molecule has 0 amide bonds. The van der Waals surface area contributed by atoms with Gasteiger partial charge in [0.05, 0.1) is 12.8 Å². The van der Waals surface area contributed by atoms with Gasteiger partial charge in [-0.1, -0.05) is 12.1 Å². The van der Waals surface area contributed by atoms with E-state index in [2.05, 4.69) is 9.83 Å². The van der Waals surface area contributed by atoms with E-state index in [1.54, 1.807) is 36.4 Å². The third-order valence-electron chi connectivity index (χ3n) is 2.68. The molecule has 0 N–H and O–H groups in total. The van der Waals surface area contributed by atoms with Crippen molar-refractivity contribution in [2.24, 2.45) is 0 Å². The van der Waals surface area contributed by atoms with Crippen molar-refractivity contribution in [3.8, 4) is 17.6 Å². The van der Waals surface area contributed by atoms with E-state index in [0.717, 1.165) is 0 Å². The van der Waals surface area contributed by atoms with Gasteiger partial charge in [0.1, 0.15) is 36.5 Å². The molecule has 0 aliphatic heterocycles. The van der Waals surface area contributed by atoms with Crippen LogP contribution in [0.25, 0.3) is 4.85 Å². The number of hydrogen-bond donors (Lipinski definition) is 0. The number of pyridine rings is 1. The van der Waals surface area contributed by atoms with Gasteiger partial charge in [-0.3, -0.25) is 0 Å². The van der Waals surface area contributed by atoms with Crippen molar-refractivity contribution in [3.05, 3.63) is 71.9 Å². The molecule has 1 aromatic heterocycles. The van der Waals surface area contributed by atoms with Crippen molar-refractivity contribution in [1.29, 1.82) is 5.26 Å². The molecule has 0 unspecified atom stereocenters. The third-order valence-corrected chi connectivity index (χ3v) is 2.68. The minimum atomic E-state index is 0.362. The molecule has 1 heterocycles. The van der Waals surface area contributed by atoms with Crippen molar-refractivity contribution in [2.75, 3.05) is 13.2 Å². The standard InChI is InChI=1S/C17H13N3O2/c1-19-14-4-7-16(8-5-14)21-10-2-3-11-22-17-9-6-15(12-18)20-13-17/h2-9,13H,10-11H2/b3-2+. The molecule has 0 bridgehead atoms. The maximum absolute atomic E-state index is 8.63. The Morgan fingerprint density at radius 3 is 2.23 bits per heavy atom. The second-order valence-corrected chi connectivity index (χ2v) is 4.19. The van der Waals surface area contributed by atoms with Gasteiger partial charge < -0.3 is 9.47 Å². The molecular weight excluding hydrogens is 278 g/mol. The summed E-state index contributed by atoms with van der Waals surface area (Å²) in [5, 5.41) is 8.63. The van der Waals surface area contributed by atoms with Crippen molar-refractivity contribution in [3.63, 3.8) is 0 Å². The summed E-state index contributed by atoms with van der Waals surface area (Å²) in [7, 11) is 0. The molecule has 5 heteroatoms. The third kappa shape index (κ3) is 4.66. The number of nitriles is 1. The van der Waals surface area contributed by atoms with E-state index < -0.39 is 0 Å². The summed E-state index contributed by atoms with van der Waals surface area (Å²) in [6.45, 7) is 7.68. The molecule has 2 aromatic rings. The second kappa shape index (κ2) is 8.08. The first-order valence-corrected chi connectivity index (χ1v) is 6.56. The molecule has 108 valence electrons. The highest BCUT2D eigenvalue weighted by Crippen LogP contribution is 2.17. The highest BCUT2D eigenvalue weighted by molar-refractivity contribution is 5.46. The Hall–Kier alpha value is -3.31. The summed E-state index contributed by atoms with van der Waals surface area (Å²) in [5.74, 6) is 1.33. The van der Waals surface area contributed by atoms with E-state index in [1.165, 1.54) is 6.20 Å². The second-order valence-electron chi connectivity index (χ2n) is 4.19. The summed E-state index contributed by atoms with van der Waals surface area (Å²) in [5.41, 5.74) is 0.952. The number of aromatic nitrogens is 1. The van der Waals surface area contributed by atoms with Crippen LogP contribution in [0.4, 0.5) is 5.69 Å². The first kappa shape index (κ1) is 15.1. The van der Waals surface area contributed by atoms with Gasteiger partial charge in [0, 0.05) is 0 Å². The van der Waals surface area contributed by atoms with Crippen LogP contribution in [0.2, 0.25) is 0 Å². The van der Waals surface area contributed by atoms with Crippen molar-refractivity contribution >= 4 is 5.69 Å². The number of ether oxygens (including phenoxy) is 2. The average molecular weight is 291 g/mol. The van der Waals surface area contributed by atoms with Crippen LogP contribution in [-0.2, 0) is 0 Å². The van der Waals surface area contributed by atoms with Crippen LogP contribution in [0.15, 0.2) is 54.7 Å². The fourth-order valence-electron chi connectivity index (χ4n) is 1.57. The van der Waals surface area contributed by atoms with Gasteiger partial charge in [0.2, 0.25) is 0 Å². The van der Waals surface area contributed by atoms with E-state index >= 15 is 0 Å². The van der Waals surface area contributed by atoms with Crippen molar-refractivity contribution in [1.82, 2.24) is 4.98 Å². The van der Waals surface area contributed by atoms with Crippen LogP contribution in [0.3, 0.4) is 0 Å². The smallest absolute Gasteiger partial charge is 0.187 e. The van der Waals surface area contributed by atoms with Gasteiger partial charge >= 0.3 is 0 Å². The van der Waals surface area contributed by atoms with E-state index in [-0.39, 0.29) is 0 Å². The fourth-order valence-corrected chi connectivity index (χ4v) is 1.57. The first-order chi connectivity index (χ1) is 10.8. The largest absolute Gasteiger partial charge is 0.490 e. The fraction of sp³-hybridized carbons (Fsp3) is 0.118. The lowest BCUT2D eigenvalue weighted by molar-refractivity contribution is 0.349. The normalized spacial score (nSPS) is 9.91. The average Bonchev–Trinajstić information content (AvgIpc) is 2.59. The zero-order chi connectivity index (χ0) is 15.6. The summed E-state index contributed by atoms with van der Waals surface area (Å²) in [6, 6.07) is 12.2. The lowest BCUT2D eigenvalue weighted by Crippen LogP contribution is -1.97. The van der Waals surface area contributed by atoms with Gasteiger partial charge in [0.15, 0.2) is 5.69 Å². The molecule has 22 heavy (non-hydrogen) atoms. The monoisotopic (exact) mass is 291 g/mol. The molecule has 0 atom stereocenters. The van der Waals surface area contributed by atoms with Crippen LogP contribution in [0, 0.1) is 17.9 Å². The van der Waals surface area contributed by atoms with Crippen molar-refractivity contribution < 1.29 is 9.47 Å². The zero-order valence-electron chi connectivity index (χ0n) is 11.8. The van der Waals surface area contributed by atoms with Gasteiger partial charge in [-0.15, -0.1) is 0 Å². The quantitative estimate of drug-likeness (QED) is 0.603. The van der Waals surface area contributed by atoms with Crippen molar-refractivity contribution in [2.45, 2.75) is 0 Å². The molecule has 5 nitrogen and oxygen atoms in total. The summed E-state index contributed by atoms with van der Waals surface area (Å²) in [4.78, 5) is 7.22. The summed E-state index contributed by atoms with van der Waals surface area (Å²) >= 11 is 0. The molecule has 0 fully saturated rings. The summed E-state index contributed by atoms with van der Waals surface area (Å²) in [6.07, 6.45) is 5.20. The predicted octanol–water partition coefficient (Wildman–Crippen LogP) is 3.52. The number of rotatable bonds is 6. The Morgan fingerprint density at radius 1 is 1.05 bits per heavy atom. The minimum Gasteiger partial charge on any atom is -0.490 e. The number of hydrogen-bond acceptors (Lipinski definition) is 4. The van der Waals surface area contributed by atoms with Gasteiger partial charge in [-0.05, 0) is 36.4 Å². The number of benzene rings is 1. The molecular formula is C17H13N3O2. The first-order valence-electron chi connectivity index (χ1n) is 6.56. The molecule has 0 aliphatic carbocycles. The molecule has 0 spiro atoms. The predicted molar refractivity (Wildman–Crippen MR) is 81.8 cm³/mol. The number of nitrogens with zero attached hydrogens (tertiary/aromatic N) is 3. The van der Waals surface area contributed by atoms with E-state index in [0.29, 0.717) is 36.1 Å². The van der Waals surface area contributed by atoms with Crippen LogP contribution in [0.5, 0.6) is 11.5 Å². The Labute approximate surface area is 128 Å². The Bertz CT molecular complexity index is 644. The van der Waals surface area contributed by atoms with Crippen LogP contribution >= 0.6 is 0 Å². The molecule has 0 aliphatic rings. The van der Waals surface area contributed by atoms with Crippen LogP contribution < -0.4 is 9.47 Å². The topological polar surface area (TPSA) is 59.5 Å². The minimum absolute atomic E-state index is 0.362. The zero-order valence-corrected chi connectivity index (χ0v) is 11.8. The Morgan fingerprint density at radius 2 is 1.68 bits per heavy atom. The van der Waals surface area contributed by atoms with Gasteiger partial charge in [-0.2, -0.15) is 5.26 Å². The molecule has 1 aromatic carbocycles. The Balaban J connectivity index is 1.69. The van der Waals surface area contributed by atoms with E-state index in [1.807, 2.05) is 18.2 Å². The molecule has 2 rings (SSSR count). The van der Waals surface area contributed by atoms with Crippen LogP contribution in [0.1, 0.15) is 5.69 Å². The Kier molecular flexibility index (Phi) is 5.54. The lowest BCUT2D eigenvalue weighted by atomic mass is 10.3. The highest BCUT2D eigenvalue weighted by Gasteiger charge is 1.95. The molecule has 0 saturated carbocycles. The summed E-state index contributed by atoms with van der Waals surface area (Å²) < 4.78 is 10.9. The van der Waals surface area contributed by atoms with Gasteiger partial charge in [0.25, 0.3) is 0 Å². The van der Waals surface area contributed by atoms with Gasteiger partial charge in [-0.25, -0.2) is 9.83 Å². The maximum Gasteiger partial charge on any atom is 0.187 e. The van der Waals surface area contributed by atoms with Crippen LogP contribution in [-0.4, -0.2) is 18.2 Å². The SMILES string of the molecule is [C-]#[N+]c1ccc(OC/C=C/COc2ccc(C#N)nc2)cc1. The molecule has 0 radical (unpaired) electrons. The lowest BCUT2D eigenvalue weighted by Gasteiger charge is -2.03.